The molecule has 0 N–H and O–H groups in total. The minimum Gasteiger partial charge on any atom is -0.288 e. The van der Waals surface area contributed by atoms with Crippen LogP contribution in [-0.4, -0.2) is 12.2 Å². The first kappa shape index (κ1) is 9.84. The molecule has 0 aliphatic heterocycles. The highest BCUT2D eigenvalue weighted by Crippen LogP contribution is 2.15. The predicted octanol–water partition coefficient (Wildman–Crippen LogP) is 2.75. The molecular weight excluding hydrogens is 174 g/mol. The molecule has 0 spiro atoms. The molecule has 1 rings (SSSR count). The molecule has 0 amide bonds. The third-order valence-corrected chi connectivity index (χ3v) is 2.07. The molecule has 0 bridgehead atoms. The summed E-state index contributed by atoms with van der Waals surface area (Å²) in [7, 11) is 0. The molecule has 3 heteroatoms. The lowest BCUT2D eigenvalue weighted by atomic mass is 10.0. The fourth-order valence-corrected chi connectivity index (χ4v) is 1.14. The second kappa shape index (κ2) is 3.64. The van der Waals surface area contributed by atoms with Gasteiger partial charge >= 0.3 is 6.43 Å². The van der Waals surface area contributed by atoms with Gasteiger partial charge in [0, 0.05) is 5.56 Å². The largest absolute Gasteiger partial charge is 0.300 e. The van der Waals surface area contributed by atoms with Crippen LogP contribution in [0.25, 0.3) is 0 Å². The van der Waals surface area contributed by atoms with Gasteiger partial charge in [0.2, 0.25) is 5.78 Å². The average Bonchev–Trinajstić information content (AvgIpc) is 2.08. The van der Waals surface area contributed by atoms with Crippen molar-refractivity contribution >= 4 is 5.78 Å². The molecule has 0 fully saturated rings. The Morgan fingerprint density at radius 2 is 1.92 bits per heavy atom. The Balaban J connectivity index is 3.15. The molecule has 0 aliphatic carbocycles. The van der Waals surface area contributed by atoms with Gasteiger partial charge in [0.25, 0.3) is 0 Å². The van der Waals surface area contributed by atoms with Crippen LogP contribution in [-0.2, 0) is 0 Å². The molecule has 0 saturated heterocycles. The average molecular weight is 184 g/mol. The number of rotatable bonds is 2. The molecular formula is C10H10F2O. The zero-order chi connectivity index (χ0) is 10.0. The van der Waals surface area contributed by atoms with Gasteiger partial charge in [0.15, 0.2) is 0 Å². The Hall–Kier alpha value is -1.25. The molecule has 0 radical (unpaired) electrons. The van der Waals surface area contributed by atoms with Crippen molar-refractivity contribution in [3.63, 3.8) is 0 Å². The van der Waals surface area contributed by atoms with E-state index in [0.717, 1.165) is 5.56 Å². The van der Waals surface area contributed by atoms with Gasteiger partial charge in [0.05, 0.1) is 0 Å². The molecule has 1 aromatic carbocycles. The molecule has 70 valence electrons. The van der Waals surface area contributed by atoms with Crippen LogP contribution in [0.1, 0.15) is 21.5 Å². The van der Waals surface area contributed by atoms with Crippen LogP contribution < -0.4 is 0 Å². The quantitative estimate of drug-likeness (QED) is 0.646. The van der Waals surface area contributed by atoms with E-state index in [2.05, 4.69) is 0 Å². The zero-order valence-electron chi connectivity index (χ0n) is 7.47. The van der Waals surface area contributed by atoms with Crippen LogP contribution in [0.3, 0.4) is 0 Å². The van der Waals surface area contributed by atoms with Gasteiger partial charge in [-0.25, -0.2) is 8.78 Å². The van der Waals surface area contributed by atoms with E-state index >= 15 is 0 Å². The van der Waals surface area contributed by atoms with E-state index in [1.165, 1.54) is 6.07 Å². The summed E-state index contributed by atoms with van der Waals surface area (Å²) >= 11 is 0. The summed E-state index contributed by atoms with van der Waals surface area (Å²) in [6.07, 6.45) is -2.92. The Labute approximate surface area is 75.4 Å². The van der Waals surface area contributed by atoms with Gasteiger partial charge < -0.3 is 0 Å². The molecule has 0 unspecified atom stereocenters. The van der Waals surface area contributed by atoms with Gasteiger partial charge in [-0.2, -0.15) is 0 Å². The number of alkyl halides is 2. The van der Waals surface area contributed by atoms with Gasteiger partial charge in [-0.15, -0.1) is 0 Å². The van der Waals surface area contributed by atoms with Crippen molar-refractivity contribution in [1.29, 1.82) is 0 Å². The van der Waals surface area contributed by atoms with Crippen LogP contribution in [0.4, 0.5) is 8.78 Å². The number of halogens is 2. The first-order chi connectivity index (χ1) is 6.04. The van der Waals surface area contributed by atoms with Gasteiger partial charge in [-0.1, -0.05) is 18.2 Å². The number of ketones is 1. The number of hydrogen-bond acceptors (Lipinski definition) is 1. The second-order valence-electron chi connectivity index (χ2n) is 2.91. The highest BCUT2D eigenvalue weighted by molar-refractivity contribution is 5.99. The monoisotopic (exact) mass is 184 g/mol. The van der Waals surface area contributed by atoms with Crippen molar-refractivity contribution in [2.24, 2.45) is 0 Å². The lowest BCUT2D eigenvalue weighted by Crippen LogP contribution is -2.12. The summed E-state index contributed by atoms with van der Waals surface area (Å²) in [5.74, 6) is -1.10. The number of hydrogen-bond donors (Lipinski definition) is 0. The van der Waals surface area contributed by atoms with Gasteiger partial charge in [0.1, 0.15) is 0 Å². The van der Waals surface area contributed by atoms with Crippen molar-refractivity contribution in [2.45, 2.75) is 20.3 Å². The summed E-state index contributed by atoms with van der Waals surface area (Å²) in [5, 5.41) is 0. The minimum atomic E-state index is -2.92. The van der Waals surface area contributed by atoms with Crippen LogP contribution in [0.5, 0.6) is 0 Å². The lowest BCUT2D eigenvalue weighted by Gasteiger charge is -2.06. The van der Waals surface area contributed by atoms with Crippen LogP contribution in [0.2, 0.25) is 0 Å². The Kier molecular flexibility index (Phi) is 2.76. The summed E-state index contributed by atoms with van der Waals surface area (Å²) in [6, 6.07) is 4.83. The van der Waals surface area contributed by atoms with Crippen LogP contribution >= 0.6 is 0 Å². The molecule has 0 aliphatic rings. The van der Waals surface area contributed by atoms with E-state index < -0.39 is 12.2 Å². The molecule has 1 nitrogen and oxygen atoms in total. The molecule has 13 heavy (non-hydrogen) atoms. The van der Waals surface area contributed by atoms with E-state index in [1.807, 2.05) is 0 Å². The lowest BCUT2D eigenvalue weighted by molar-refractivity contribution is 0.0678. The highest BCUT2D eigenvalue weighted by atomic mass is 19.3. The number of carbonyl (C=O) groups excluding carboxylic acids is 1. The topological polar surface area (TPSA) is 17.1 Å². The molecule has 0 saturated carbocycles. The van der Waals surface area contributed by atoms with E-state index in [4.69, 9.17) is 0 Å². The normalized spacial score (nSPS) is 10.5. The van der Waals surface area contributed by atoms with Crippen LogP contribution in [0.15, 0.2) is 18.2 Å². The number of carbonyl (C=O) groups is 1. The number of benzene rings is 1. The maximum atomic E-state index is 12.1. The number of aryl methyl sites for hydroxylation is 1. The summed E-state index contributed by atoms with van der Waals surface area (Å²) in [5.41, 5.74) is 1.61. The maximum Gasteiger partial charge on any atom is 0.300 e. The van der Waals surface area contributed by atoms with Crippen molar-refractivity contribution in [3.05, 3.63) is 34.9 Å². The molecule has 1 aromatic rings. The number of Topliss-reactive ketones (excluding diaryl/α,β-unsaturated/α-hetero) is 1. The second-order valence-corrected chi connectivity index (χ2v) is 2.91. The van der Waals surface area contributed by atoms with Crippen molar-refractivity contribution in [1.82, 2.24) is 0 Å². The SMILES string of the molecule is Cc1cccc(C(=O)C(F)F)c1C. The van der Waals surface area contributed by atoms with E-state index in [1.54, 1.807) is 26.0 Å². The first-order valence-electron chi connectivity index (χ1n) is 3.92. The standard InChI is InChI=1S/C10H10F2O/c1-6-4-3-5-8(7(6)2)9(13)10(11)12/h3-5,10H,1-2H3. The molecule has 0 aromatic heterocycles. The summed E-state index contributed by atoms with van der Waals surface area (Å²) in [6.45, 7) is 3.46. The third-order valence-electron chi connectivity index (χ3n) is 2.07. The Morgan fingerprint density at radius 3 is 2.46 bits per heavy atom. The summed E-state index contributed by atoms with van der Waals surface area (Å²) in [4.78, 5) is 11.0. The van der Waals surface area contributed by atoms with E-state index in [9.17, 15) is 13.6 Å². The highest BCUT2D eigenvalue weighted by Gasteiger charge is 2.19. The van der Waals surface area contributed by atoms with Crippen molar-refractivity contribution < 1.29 is 13.6 Å². The predicted molar refractivity (Wildman–Crippen MR) is 46.3 cm³/mol. The fraction of sp³-hybridized carbons (Fsp3) is 0.300. The summed E-state index contributed by atoms with van der Waals surface area (Å²) < 4.78 is 24.2. The molecule has 0 heterocycles. The van der Waals surface area contributed by atoms with Crippen LogP contribution in [0, 0.1) is 13.8 Å². The fourth-order valence-electron chi connectivity index (χ4n) is 1.14. The van der Waals surface area contributed by atoms with Crippen molar-refractivity contribution in [3.8, 4) is 0 Å². The van der Waals surface area contributed by atoms with Gasteiger partial charge in [-0.05, 0) is 25.0 Å². The third kappa shape index (κ3) is 1.91. The molecule has 0 atom stereocenters. The van der Waals surface area contributed by atoms with Crippen molar-refractivity contribution in [2.75, 3.05) is 0 Å². The minimum absolute atomic E-state index is 0.120. The van der Waals surface area contributed by atoms with E-state index in [0.29, 0.717) is 5.56 Å². The first-order valence-corrected chi connectivity index (χ1v) is 3.92. The smallest absolute Gasteiger partial charge is 0.288 e. The van der Waals surface area contributed by atoms with Gasteiger partial charge in [-0.3, -0.25) is 4.79 Å². The Bertz CT molecular complexity index is 332. The Morgan fingerprint density at radius 1 is 1.31 bits per heavy atom. The maximum absolute atomic E-state index is 12.1. The van der Waals surface area contributed by atoms with E-state index in [-0.39, 0.29) is 5.56 Å². The zero-order valence-corrected chi connectivity index (χ0v) is 7.47.